The maximum absolute atomic E-state index is 12.6. The highest BCUT2D eigenvalue weighted by Gasteiger charge is 2.52. The summed E-state index contributed by atoms with van der Waals surface area (Å²) >= 11 is 0. The average molecular weight is 288 g/mol. The molecule has 0 aromatic rings. The van der Waals surface area contributed by atoms with E-state index in [0.717, 1.165) is 45.2 Å². The summed E-state index contributed by atoms with van der Waals surface area (Å²) in [6.45, 7) is 3.26. The van der Waals surface area contributed by atoms with Crippen LogP contribution in [-0.2, 0) is 14.8 Å². The predicted molar refractivity (Wildman–Crippen MR) is 73.5 cm³/mol. The van der Waals surface area contributed by atoms with Gasteiger partial charge in [0.1, 0.15) is 0 Å². The van der Waals surface area contributed by atoms with Crippen molar-refractivity contribution in [2.75, 3.05) is 33.4 Å². The highest BCUT2D eigenvalue weighted by molar-refractivity contribution is 7.90. The highest BCUT2D eigenvalue weighted by atomic mass is 32.2. The van der Waals surface area contributed by atoms with Gasteiger partial charge in [-0.15, -0.1) is 0 Å². The van der Waals surface area contributed by atoms with Crippen molar-refractivity contribution in [1.82, 2.24) is 9.62 Å². The number of nitrogens with zero attached hydrogens (tertiary/aromatic N) is 1. The van der Waals surface area contributed by atoms with E-state index in [-0.39, 0.29) is 16.7 Å². The molecule has 2 aliphatic heterocycles. The summed E-state index contributed by atoms with van der Waals surface area (Å²) in [6.07, 6.45) is 4.82. The number of nitrogens with one attached hydrogen (secondary N) is 1. The van der Waals surface area contributed by atoms with Gasteiger partial charge in [-0.1, -0.05) is 0 Å². The van der Waals surface area contributed by atoms with Crippen molar-refractivity contribution in [3.05, 3.63) is 0 Å². The van der Waals surface area contributed by atoms with E-state index >= 15 is 0 Å². The first-order valence-corrected chi connectivity index (χ1v) is 8.78. The summed E-state index contributed by atoms with van der Waals surface area (Å²) in [5, 5.41) is 3.26. The van der Waals surface area contributed by atoms with E-state index in [9.17, 15) is 8.42 Å². The third kappa shape index (κ3) is 2.55. The second-order valence-electron chi connectivity index (χ2n) is 6.35. The summed E-state index contributed by atoms with van der Waals surface area (Å²) in [6, 6.07) is 0.0497. The van der Waals surface area contributed by atoms with Crippen LogP contribution in [0.4, 0.5) is 0 Å². The summed E-state index contributed by atoms with van der Waals surface area (Å²) in [5.41, 5.74) is 0.191. The first-order chi connectivity index (χ1) is 9.07. The SMILES string of the molecule is COC[C@H]1CC2(CCNCC2)CN1S(=O)(=O)C1CC1. The van der Waals surface area contributed by atoms with Crippen LogP contribution < -0.4 is 5.32 Å². The zero-order chi connectivity index (χ0) is 13.5. The Morgan fingerprint density at radius 3 is 2.58 bits per heavy atom. The lowest BCUT2D eigenvalue weighted by Gasteiger charge is -2.33. The van der Waals surface area contributed by atoms with Crippen molar-refractivity contribution >= 4 is 10.0 Å². The molecule has 1 N–H and O–H groups in total. The van der Waals surface area contributed by atoms with E-state index in [1.165, 1.54) is 0 Å². The van der Waals surface area contributed by atoms with Crippen molar-refractivity contribution in [2.45, 2.75) is 43.4 Å². The van der Waals surface area contributed by atoms with Crippen LogP contribution in [0, 0.1) is 5.41 Å². The molecular weight excluding hydrogens is 264 g/mol. The number of rotatable bonds is 4. The van der Waals surface area contributed by atoms with Gasteiger partial charge < -0.3 is 10.1 Å². The summed E-state index contributed by atoms with van der Waals surface area (Å²) in [5.74, 6) is 0. The van der Waals surface area contributed by atoms with Crippen LogP contribution in [0.25, 0.3) is 0 Å². The van der Waals surface area contributed by atoms with Crippen molar-refractivity contribution < 1.29 is 13.2 Å². The van der Waals surface area contributed by atoms with Crippen LogP contribution in [0.5, 0.6) is 0 Å². The smallest absolute Gasteiger partial charge is 0.217 e. The van der Waals surface area contributed by atoms with E-state index < -0.39 is 10.0 Å². The van der Waals surface area contributed by atoms with E-state index in [1.807, 2.05) is 0 Å². The molecule has 0 radical (unpaired) electrons. The van der Waals surface area contributed by atoms with Crippen molar-refractivity contribution in [3.8, 4) is 0 Å². The molecule has 0 unspecified atom stereocenters. The molecule has 1 saturated carbocycles. The van der Waals surface area contributed by atoms with Gasteiger partial charge in [0.05, 0.1) is 11.9 Å². The second kappa shape index (κ2) is 4.98. The normalized spacial score (nSPS) is 31.9. The number of piperidine rings is 1. The highest BCUT2D eigenvalue weighted by Crippen LogP contribution is 2.45. The molecule has 1 aliphatic carbocycles. The lowest BCUT2D eigenvalue weighted by molar-refractivity contribution is 0.146. The Morgan fingerprint density at radius 1 is 1.32 bits per heavy atom. The molecule has 0 aromatic heterocycles. The minimum absolute atomic E-state index is 0.0497. The topological polar surface area (TPSA) is 58.6 Å². The van der Waals surface area contributed by atoms with Crippen molar-refractivity contribution in [3.63, 3.8) is 0 Å². The van der Waals surface area contributed by atoms with Gasteiger partial charge in [0.15, 0.2) is 0 Å². The first-order valence-electron chi connectivity index (χ1n) is 7.28. The molecule has 110 valence electrons. The van der Waals surface area contributed by atoms with Gasteiger partial charge in [-0.2, -0.15) is 4.31 Å². The fraction of sp³-hybridized carbons (Fsp3) is 1.00. The van der Waals surface area contributed by atoms with Crippen LogP contribution in [0.15, 0.2) is 0 Å². The Morgan fingerprint density at radius 2 is 2.00 bits per heavy atom. The van der Waals surface area contributed by atoms with Crippen LogP contribution in [0.3, 0.4) is 0 Å². The Bertz CT molecular complexity index is 427. The largest absolute Gasteiger partial charge is 0.383 e. The standard InChI is InChI=1S/C13H24N2O3S/c1-18-9-11-8-13(4-6-14-7-5-13)10-15(11)19(16,17)12-2-3-12/h11-12,14H,2-10H2,1H3/t11-/m1/s1. The van der Waals surface area contributed by atoms with E-state index in [4.69, 9.17) is 4.74 Å². The lowest BCUT2D eigenvalue weighted by atomic mass is 9.77. The molecule has 2 saturated heterocycles. The minimum Gasteiger partial charge on any atom is -0.383 e. The summed E-state index contributed by atoms with van der Waals surface area (Å²) in [4.78, 5) is 0. The molecule has 1 spiro atoms. The number of methoxy groups -OCH3 is 1. The van der Waals surface area contributed by atoms with Gasteiger partial charge in [0.25, 0.3) is 0 Å². The van der Waals surface area contributed by atoms with Gasteiger partial charge in [0, 0.05) is 19.7 Å². The monoisotopic (exact) mass is 288 g/mol. The molecule has 0 aromatic carbocycles. The molecule has 3 rings (SSSR count). The van der Waals surface area contributed by atoms with E-state index in [0.29, 0.717) is 13.2 Å². The quantitative estimate of drug-likeness (QED) is 0.821. The van der Waals surface area contributed by atoms with Crippen molar-refractivity contribution in [1.29, 1.82) is 0 Å². The Hall–Kier alpha value is -0.170. The molecule has 6 heteroatoms. The van der Waals surface area contributed by atoms with E-state index in [2.05, 4.69) is 5.32 Å². The van der Waals surface area contributed by atoms with Crippen LogP contribution >= 0.6 is 0 Å². The number of sulfonamides is 1. The summed E-state index contributed by atoms with van der Waals surface area (Å²) in [7, 11) is -1.42. The molecule has 1 atom stereocenters. The first kappa shape index (κ1) is 13.8. The molecule has 2 heterocycles. The number of hydrogen-bond donors (Lipinski definition) is 1. The molecule has 0 bridgehead atoms. The Labute approximate surface area is 115 Å². The fourth-order valence-electron chi connectivity index (χ4n) is 3.63. The maximum Gasteiger partial charge on any atom is 0.217 e. The zero-order valence-corrected chi connectivity index (χ0v) is 12.4. The van der Waals surface area contributed by atoms with Crippen LogP contribution in [-0.4, -0.2) is 57.4 Å². The Balaban J connectivity index is 1.81. The molecule has 0 amide bonds. The van der Waals surface area contributed by atoms with Gasteiger partial charge in [0.2, 0.25) is 10.0 Å². The van der Waals surface area contributed by atoms with Gasteiger partial charge in [-0.3, -0.25) is 0 Å². The fourth-order valence-corrected chi connectivity index (χ4v) is 5.75. The molecular formula is C13H24N2O3S. The minimum atomic E-state index is -3.08. The molecule has 3 fully saturated rings. The molecule has 5 nitrogen and oxygen atoms in total. The molecule has 19 heavy (non-hydrogen) atoms. The third-order valence-electron chi connectivity index (χ3n) is 4.86. The molecule has 3 aliphatic rings. The van der Waals surface area contributed by atoms with Gasteiger partial charge >= 0.3 is 0 Å². The predicted octanol–water partition coefficient (Wildman–Crippen LogP) is 0.569. The lowest BCUT2D eigenvalue weighted by Crippen LogP contribution is -2.42. The maximum atomic E-state index is 12.6. The average Bonchev–Trinajstić information content (AvgIpc) is 3.17. The number of hydrogen-bond acceptors (Lipinski definition) is 4. The van der Waals surface area contributed by atoms with Crippen LogP contribution in [0.1, 0.15) is 32.1 Å². The zero-order valence-electron chi connectivity index (χ0n) is 11.6. The van der Waals surface area contributed by atoms with Crippen LogP contribution in [0.2, 0.25) is 0 Å². The Kier molecular flexibility index (Phi) is 3.62. The summed E-state index contributed by atoms with van der Waals surface area (Å²) < 4.78 is 32.2. The van der Waals surface area contributed by atoms with Crippen molar-refractivity contribution in [2.24, 2.45) is 5.41 Å². The number of ether oxygens (including phenoxy) is 1. The third-order valence-corrected chi connectivity index (χ3v) is 7.26. The van der Waals surface area contributed by atoms with Gasteiger partial charge in [-0.25, -0.2) is 8.42 Å². The second-order valence-corrected chi connectivity index (χ2v) is 8.52. The van der Waals surface area contributed by atoms with E-state index in [1.54, 1.807) is 11.4 Å². The van der Waals surface area contributed by atoms with Gasteiger partial charge in [-0.05, 0) is 50.6 Å².